The number of nitriles is 1. The lowest BCUT2D eigenvalue weighted by Crippen LogP contribution is -2.15. The molecule has 3 heterocycles. The Labute approximate surface area is 442 Å². The number of rotatable bonds is 5. The van der Waals surface area contributed by atoms with Crippen molar-refractivity contribution in [2.45, 2.75) is 105 Å². The molecule has 12 aromatic rings. The molecule has 12 rings (SSSR count). The second-order valence-electron chi connectivity index (χ2n) is 25.0. The van der Waals surface area contributed by atoms with Crippen molar-refractivity contribution in [3.63, 3.8) is 0 Å². The summed E-state index contributed by atoms with van der Waals surface area (Å²) in [4.78, 5) is 0. The minimum absolute atomic E-state index is 0.0949. The zero-order chi connectivity index (χ0) is 52.5. The molecule has 4 heteroatoms. The highest BCUT2D eigenvalue weighted by Gasteiger charge is 2.35. The van der Waals surface area contributed by atoms with E-state index < -0.39 is 0 Å². The van der Waals surface area contributed by atoms with Gasteiger partial charge in [0.15, 0.2) is 0 Å². The van der Waals surface area contributed by atoms with Crippen molar-refractivity contribution in [2.75, 3.05) is 0 Å². The van der Waals surface area contributed by atoms with E-state index in [-0.39, 0.29) is 21.7 Å². The summed E-state index contributed by atoms with van der Waals surface area (Å²) in [5, 5.41) is 19.5. The van der Waals surface area contributed by atoms with Crippen LogP contribution in [0, 0.1) is 11.3 Å². The highest BCUT2D eigenvalue weighted by atomic mass is 15.1. The van der Waals surface area contributed by atoms with Gasteiger partial charge in [-0.15, -0.1) is 0 Å². The van der Waals surface area contributed by atoms with E-state index in [0.29, 0.717) is 5.56 Å². The van der Waals surface area contributed by atoms with Crippen molar-refractivity contribution >= 4 is 65.4 Å². The van der Waals surface area contributed by atoms with E-state index in [1.807, 2.05) is 0 Å². The molecule has 0 bridgehead atoms. The standard InChI is InChI=1S/C71H66N4/c1-68(2,3)46-31-35-59-52(39-46)53-40-47(69(4,5)6)32-36-60(53)73(59)65-63(44-23-15-13-16-24-44)56(43-72)64(45-25-17-14-18-26-45)66(67(65)75-57-29-21-19-27-50(57)51-28-20-22-30-58(51)75)74-61-37-33-48(70(7,8)9)41-54(61)55-42-49(71(10,11)12)34-38-62(55)74/h13-42H,1-12H3. The molecule has 0 unspecified atom stereocenters. The van der Waals surface area contributed by atoms with E-state index >= 15 is 0 Å². The van der Waals surface area contributed by atoms with Crippen LogP contribution in [0.3, 0.4) is 0 Å². The quantitative estimate of drug-likeness (QED) is 0.169. The van der Waals surface area contributed by atoms with Crippen LogP contribution >= 0.6 is 0 Å². The maximum atomic E-state index is 12.4. The van der Waals surface area contributed by atoms with Gasteiger partial charge in [-0.3, -0.25) is 0 Å². The van der Waals surface area contributed by atoms with Gasteiger partial charge in [0.25, 0.3) is 0 Å². The summed E-state index contributed by atoms with van der Waals surface area (Å²) < 4.78 is 7.57. The Morgan fingerprint density at radius 2 is 0.560 bits per heavy atom. The Hall–Kier alpha value is -8.13. The largest absolute Gasteiger partial charge is 0.306 e. The van der Waals surface area contributed by atoms with E-state index in [4.69, 9.17) is 0 Å². The third-order valence-corrected chi connectivity index (χ3v) is 15.9. The van der Waals surface area contributed by atoms with Gasteiger partial charge in [0.05, 0.1) is 55.7 Å². The second kappa shape index (κ2) is 17.0. The van der Waals surface area contributed by atoms with Crippen LogP contribution in [-0.2, 0) is 21.7 Å². The van der Waals surface area contributed by atoms with Crippen molar-refractivity contribution in [1.82, 2.24) is 13.7 Å². The third kappa shape index (κ3) is 7.61. The van der Waals surface area contributed by atoms with Crippen LogP contribution in [0.25, 0.3) is 105 Å². The molecule has 0 fully saturated rings. The fraction of sp³-hybridized carbons (Fsp3) is 0.225. The Kier molecular flexibility index (Phi) is 10.8. The first-order valence-corrected chi connectivity index (χ1v) is 26.7. The van der Waals surface area contributed by atoms with Crippen LogP contribution in [0.5, 0.6) is 0 Å². The number of hydrogen-bond acceptors (Lipinski definition) is 1. The first-order valence-electron chi connectivity index (χ1n) is 26.7. The topological polar surface area (TPSA) is 38.6 Å². The average molecular weight is 975 g/mol. The Morgan fingerprint density at radius 1 is 0.293 bits per heavy atom. The summed E-state index contributed by atoms with van der Waals surface area (Å²) in [6.45, 7) is 27.6. The van der Waals surface area contributed by atoms with Crippen LogP contribution in [0.1, 0.15) is 111 Å². The molecule has 0 aliphatic carbocycles. The Bertz CT molecular complexity index is 3900. The predicted octanol–water partition coefficient (Wildman–Crippen LogP) is 19.4. The van der Waals surface area contributed by atoms with Gasteiger partial charge in [-0.2, -0.15) is 5.26 Å². The van der Waals surface area contributed by atoms with Gasteiger partial charge in [-0.1, -0.05) is 204 Å². The summed E-state index contributed by atoms with van der Waals surface area (Å²) in [7, 11) is 0. The van der Waals surface area contributed by atoms with E-state index in [1.165, 1.54) is 43.8 Å². The number of benzene rings is 9. The molecule has 0 N–H and O–H groups in total. The molecule has 0 atom stereocenters. The van der Waals surface area contributed by atoms with Gasteiger partial charge in [-0.25, -0.2) is 0 Å². The molecule has 9 aromatic carbocycles. The fourth-order valence-corrected chi connectivity index (χ4v) is 11.8. The molecule has 3 aromatic heterocycles. The monoisotopic (exact) mass is 975 g/mol. The minimum atomic E-state index is -0.0949. The van der Waals surface area contributed by atoms with Crippen molar-refractivity contribution in [1.29, 1.82) is 5.26 Å². The predicted molar refractivity (Wildman–Crippen MR) is 320 cm³/mol. The second-order valence-corrected chi connectivity index (χ2v) is 25.0. The van der Waals surface area contributed by atoms with Crippen molar-refractivity contribution in [2.24, 2.45) is 0 Å². The van der Waals surface area contributed by atoms with Crippen LogP contribution in [0.2, 0.25) is 0 Å². The molecule has 0 aliphatic heterocycles. The summed E-state index contributed by atoms with van der Waals surface area (Å²) >= 11 is 0. The Balaban J connectivity index is 1.44. The lowest BCUT2D eigenvalue weighted by molar-refractivity contribution is 0.590. The van der Waals surface area contributed by atoms with Crippen LogP contribution in [-0.4, -0.2) is 13.7 Å². The van der Waals surface area contributed by atoms with Gasteiger partial charge in [0, 0.05) is 43.4 Å². The lowest BCUT2D eigenvalue weighted by atomic mass is 9.85. The smallest absolute Gasteiger partial charge is 0.101 e. The highest BCUT2D eigenvalue weighted by Crippen LogP contribution is 2.52. The molecule has 4 nitrogen and oxygen atoms in total. The molecule has 370 valence electrons. The number of fused-ring (bicyclic) bond motifs is 9. The van der Waals surface area contributed by atoms with Gasteiger partial charge in [0.2, 0.25) is 0 Å². The maximum absolute atomic E-state index is 12.4. The number of para-hydroxylation sites is 2. The van der Waals surface area contributed by atoms with Crippen LogP contribution in [0.15, 0.2) is 182 Å². The summed E-state index contributed by atoms with van der Waals surface area (Å²) in [5.74, 6) is 0. The SMILES string of the molecule is CC(C)(C)c1ccc2c(c1)c1cc(C(C)(C)C)ccc1n2-c1c(-c2ccccc2)c(C#N)c(-c2ccccc2)c(-n2c3ccc(C(C)(C)C)cc3c3cc(C(C)(C)C)ccc32)c1-n1c2ccccc2c2ccccc21. The first-order chi connectivity index (χ1) is 35.7. The molecule has 0 saturated heterocycles. The van der Waals surface area contributed by atoms with E-state index in [1.54, 1.807) is 0 Å². The van der Waals surface area contributed by atoms with Crippen molar-refractivity contribution in [3.05, 3.63) is 210 Å². The zero-order valence-electron chi connectivity index (χ0n) is 45.6. The maximum Gasteiger partial charge on any atom is 0.101 e. The summed E-state index contributed by atoms with van der Waals surface area (Å²) in [6, 6.07) is 70.5. The van der Waals surface area contributed by atoms with Crippen molar-refractivity contribution < 1.29 is 0 Å². The van der Waals surface area contributed by atoms with Gasteiger partial charge < -0.3 is 13.7 Å². The molecule has 0 radical (unpaired) electrons. The zero-order valence-corrected chi connectivity index (χ0v) is 45.6. The Morgan fingerprint density at radius 3 is 0.853 bits per heavy atom. The average Bonchev–Trinajstić information content (AvgIpc) is 4.07. The number of aromatic nitrogens is 3. The molecular formula is C71H66N4. The first kappa shape index (κ1) is 47.8. The molecular weight excluding hydrogens is 909 g/mol. The minimum Gasteiger partial charge on any atom is -0.306 e. The van der Waals surface area contributed by atoms with E-state index in [9.17, 15) is 5.26 Å². The molecule has 0 amide bonds. The van der Waals surface area contributed by atoms with Gasteiger partial charge in [0.1, 0.15) is 6.07 Å². The van der Waals surface area contributed by atoms with Gasteiger partial charge >= 0.3 is 0 Å². The molecule has 75 heavy (non-hydrogen) atoms. The molecule has 0 spiro atoms. The van der Waals surface area contributed by atoms with Crippen molar-refractivity contribution in [3.8, 4) is 45.4 Å². The van der Waals surface area contributed by atoms with Gasteiger partial charge in [-0.05, 0) is 116 Å². The third-order valence-electron chi connectivity index (χ3n) is 15.9. The highest BCUT2D eigenvalue weighted by molar-refractivity contribution is 6.16. The summed E-state index contributed by atoms with van der Waals surface area (Å²) in [5.41, 5.74) is 18.4. The summed E-state index contributed by atoms with van der Waals surface area (Å²) in [6.07, 6.45) is 0. The number of hydrogen-bond donors (Lipinski definition) is 0. The molecule has 0 aliphatic rings. The fourth-order valence-electron chi connectivity index (χ4n) is 11.8. The van der Waals surface area contributed by atoms with Crippen LogP contribution < -0.4 is 0 Å². The lowest BCUT2D eigenvalue weighted by Gasteiger charge is -2.29. The normalized spacial score (nSPS) is 12.8. The number of nitrogens with zero attached hydrogens (tertiary/aromatic N) is 4. The van der Waals surface area contributed by atoms with Crippen LogP contribution in [0.4, 0.5) is 0 Å². The van der Waals surface area contributed by atoms with E-state index in [2.05, 4.69) is 285 Å². The molecule has 0 saturated carbocycles. The van der Waals surface area contributed by atoms with E-state index in [0.717, 1.165) is 83.2 Å².